The topological polar surface area (TPSA) is 122 Å². The maximum Gasteiger partial charge on any atom is 0.332 e. The fourth-order valence-corrected chi connectivity index (χ4v) is 3.43. The summed E-state index contributed by atoms with van der Waals surface area (Å²) in [6.45, 7) is 2.17. The largest absolute Gasteiger partial charge is 0.479 e. The van der Waals surface area contributed by atoms with E-state index in [1.165, 1.54) is 15.3 Å². The second-order valence-electron chi connectivity index (χ2n) is 6.53. The van der Waals surface area contributed by atoms with Gasteiger partial charge in [0.25, 0.3) is 0 Å². The molecule has 0 aliphatic carbocycles. The number of aryl methyl sites for hydroxylation is 2. The second-order valence-corrected chi connectivity index (χ2v) is 6.89. The smallest absolute Gasteiger partial charge is 0.332 e. The van der Waals surface area contributed by atoms with Gasteiger partial charge in [0.05, 0.1) is 16.7 Å². The molecule has 0 saturated carbocycles. The van der Waals surface area contributed by atoms with Crippen LogP contribution in [0.25, 0.3) is 11.0 Å². The number of nitrogens with one attached hydrogen (secondary N) is 1. The van der Waals surface area contributed by atoms with E-state index in [0.29, 0.717) is 22.4 Å². The zero-order valence-electron chi connectivity index (χ0n) is 16.4. The van der Waals surface area contributed by atoms with Crippen molar-refractivity contribution in [3.63, 3.8) is 0 Å². The molecule has 2 aromatic heterocycles. The van der Waals surface area contributed by atoms with E-state index in [0.717, 1.165) is 0 Å². The average Bonchev–Trinajstić information content (AvgIpc) is 2.95. The molecule has 1 unspecified atom stereocenters. The molecular weight excluding hydrogens is 410 g/mol. The Morgan fingerprint density at radius 1 is 1.40 bits per heavy atom. The predicted molar refractivity (Wildman–Crippen MR) is 112 cm³/mol. The highest BCUT2D eigenvalue weighted by Crippen LogP contribution is 2.26. The van der Waals surface area contributed by atoms with Gasteiger partial charge in [-0.25, -0.2) is 14.6 Å². The van der Waals surface area contributed by atoms with E-state index < -0.39 is 12.1 Å². The van der Waals surface area contributed by atoms with Crippen molar-refractivity contribution in [2.24, 2.45) is 7.05 Å². The Balaban J connectivity index is 1.97. The van der Waals surface area contributed by atoms with Crippen molar-refractivity contribution in [1.82, 2.24) is 14.1 Å². The van der Waals surface area contributed by atoms with Gasteiger partial charge in [-0.3, -0.25) is 9.13 Å². The lowest BCUT2D eigenvalue weighted by Crippen LogP contribution is -2.29. The highest BCUT2D eigenvalue weighted by atomic mass is 35.5. The molecule has 1 aromatic carbocycles. The molecule has 3 aromatic rings. The molecule has 10 heteroatoms. The van der Waals surface area contributed by atoms with Crippen molar-refractivity contribution < 1.29 is 14.6 Å². The first-order valence-electron chi connectivity index (χ1n) is 9.22. The number of anilines is 2. The van der Waals surface area contributed by atoms with Gasteiger partial charge in [0.2, 0.25) is 0 Å². The van der Waals surface area contributed by atoms with Gasteiger partial charge in [-0.15, -0.1) is 0 Å². The summed E-state index contributed by atoms with van der Waals surface area (Å²) < 4.78 is 8.25. The molecule has 156 valence electrons. The lowest BCUT2D eigenvalue weighted by atomic mass is 10.2. The van der Waals surface area contributed by atoms with Crippen molar-refractivity contribution in [3.05, 3.63) is 51.7 Å². The first kappa shape index (κ1) is 21.4. The molecular formula is C20H20ClN5O4. The van der Waals surface area contributed by atoms with Gasteiger partial charge in [-0.1, -0.05) is 11.6 Å². The summed E-state index contributed by atoms with van der Waals surface area (Å²) >= 11 is 5.98. The number of carboxylic acids is 1. The molecule has 2 N–H and O–H groups in total. The van der Waals surface area contributed by atoms with Crippen molar-refractivity contribution in [3.8, 4) is 6.07 Å². The molecule has 0 bridgehead atoms. The number of aliphatic carboxylic acids is 1. The van der Waals surface area contributed by atoms with Crippen LogP contribution in [-0.4, -0.2) is 37.9 Å². The fraction of sp³-hybridized carbons (Fsp3) is 0.300. The molecule has 2 heterocycles. The number of hydrogen-bond acceptors (Lipinski definition) is 6. The van der Waals surface area contributed by atoms with Crippen LogP contribution in [0.15, 0.2) is 35.3 Å². The number of imidazole rings is 1. The second kappa shape index (κ2) is 8.98. The van der Waals surface area contributed by atoms with Gasteiger partial charge < -0.3 is 15.2 Å². The number of ether oxygens (including phenoxy) is 1. The van der Waals surface area contributed by atoms with Crippen LogP contribution < -0.4 is 11.0 Å². The summed E-state index contributed by atoms with van der Waals surface area (Å²) in [7, 11) is 1.65. The zero-order chi connectivity index (χ0) is 21.8. The Hall–Kier alpha value is -3.35. The molecule has 0 radical (unpaired) electrons. The minimum absolute atomic E-state index is 0.0934. The van der Waals surface area contributed by atoms with Crippen LogP contribution in [0.1, 0.15) is 18.9 Å². The predicted octanol–water partition coefficient (Wildman–Crippen LogP) is 2.88. The first-order chi connectivity index (χ1) is 14.4. The van der Waals surface area contributed by atoms with Crippen molar-refractivity contribution in [2.45, 2.75) is 26.0 Å². The third kappa shape index (κ3) is 4.15. The number of halogens is 1. The molecule has 0 aliphatic rings. The number of carboxylic acid groups (broad SMARTS) is 1. The molecule has 0 saturated heterocycles. The van der Waals surface area contributed by atoms with E-state index in [9.17, 15) is 20.0 Å². The van der Waals surface area contributed by atoms with E-state index in [4.69, 9.17) is 16.3 Å². The molecule has 0 fully saturated rings. The van der Waals surface area contributed by atoms with Crippen LogP contribution in [0.2, 0.25) is 5.15 Å². The molecule has 30 heavy (non-hydrogen) atoms. The number of nitriles is 1. The molecule has 3 rings (SSSR count). The summed E-state index contributed by atoms with van der Waals surface area (Å²) in [6.07, 6.45) is 0.649. The highest BCUT2D eigenvalue weighted by Gasteiger charge is 2.19. The van der Waals surface area contributed by atoms with Crippen molar-refractivity contribution in [1.29, 1.82) is 5.26 Å². The van der Waals surface area contributed by atoms with Gasteiger partial charge in [0.1, 0.15) is 16.8 Å². The minimum atomic E-state index is -1.06. The molecule has 0 amide bonds. The average molecular weight is 430 g/mol. The van der Waals surface area contributed by atoms with Gasteiger partial charge in [0, 0.05) is 38.5 Å². The van der Waals surface area contributed by atoms with E-state index in [1.54, 1.807) is 38.2 Å². The van der Waals surface area contributed by atoms with Gasteiger partial charge in [0.15, 0.2) is 6.10 Å². The third-order valence-electron chi connectivity index (χ3n) is 4.70. The highest BCUT2D eigenvalue weighted by molar-refractivity contribution is 6.31. The van der Waals surface area contributed by atoms with Crippen molar-refractivity contribution >= 4 is 40.0 Å². The lowest BCUT2D eigenvalue weighted by molar-refractivity contribution is -0.150. The third-order valence-corrected chi connectivity index (χ3v) is 4.99. The van der Waals surface area contributed by atoms with E-state index in [2.05, 4.69) is 10.3 Å². The Morgan fingerprint density at radius 3 is 2.83 bits per heavy atom. The van der Waals surface area contributed by atoms with E-state index in [1.807, 2.05) is 6.07 Å². The summed E-state index contributed by atoms with van der Waals surface area (Å²) in [5.74, 6) is -1.06. The number of aromatic nitrogens is 3. The zero-order valence-corrected chi connectivity index (χ0v) is 17.2. The standard InChI is InChI=1S/C20H20ClN5O4/c1-3-30-17(19(27)28)7-9-26-16-10-12(4-5-15(16)25(2)20(26)29)24-14-6-8-23-18(21)13(14)11-22/h4-6,8,10,17H,3,7,9H2,1-2H3,(H,23,24)(H,27,28). The fourth-order valence-electron chi connectivity index (χ4n) is 3.23. The van der Waals surface area contributed by atoms with Gasteiger partial charge >= 0.3 is 11.7 Å². The summed E-state index contributed by atoms with van der Waals surface area (Å²) in [4.78, 5) is 27.9. The quantitative estimate of drug-likeness (QED) is 0.528. The lowest BCUT2D eigenvalue weighted by Gasteiger charge is -2.13. The van der Waals surface area contributed by atoms with Gasteiger partial charge in [-0.2, -0.15) is 5.26 Å². The molecule has 0 aliphatic heterocycles. The maximum atomic E-state index is 12.7. The first-order valence-corrected chi connectivity index (χ1v) is 9.60. The maximum absolute atomic E-state index is 12.7. The summed E-state index contributed by atoms with van der Waals surface area (Å²) in [5, 5.41) is 21.8. The Bertz CT molecular complexity index is 1190. The Morgan fingerprint density at radius 2 is 2.17 bits per heavy atom. The number of rotatable bonds is 8. The van der Waals surface area contributed by atoms with Gasteiger partial charge in [-0.05, 0) is 31.2 Å². The number of fused-ring (bicyclic) bond motifs is 1. The van der Waals surface area contributed by atoms with E-state index in [-0.39, 0.29) is 36.0 Å². The van der Waals surface area contributed by atoms with Crippen LogP contribution in [-0.2, 0) is 23.1 Å². The molecule has 0 spiro atoms. The van der Waals surface area contributed by atoms with Crippen LogP contribution in [0.4, 0.5) is 11.4 Å². The van der Waals surface area contributed by atoms with Crippen LogP contribution in [0.5, 0.6) is 0 Å². The van der Waals surface area contributed by atoms with Crippen LogP contribution in [0, 0.1) is 11.3 Å². The van der Waals surface area contributed by atoms with Crippen LogP contribution >= 0.6 is 11.6 Å². The number of benzene rings is 1. The van der Waals surface area contributed by atoms with E-state index >= 15 is 0 Å². The number of hydrogen-bond donors (Lipinski definition) is 2. The number of nitrogens with zero attached hydrogens (tertiary/aromatic N) is 4. The Kier molecular flexibility index (Phi) is 6.40. The summed E-state index contributed by atoms with van der Waals surface area (Å²) in [5.41, 5.74) is 2.41. The molecule has 1 atom stereocenters. The SMILES string of the molecule is CCOC(CCn1c(=O)n(C)c2ccc(Nc3ccnc(Cl)c3C#N)cc21)C(=O)O. The minimum Gasteiger partial charge on any atom is -0.479 e. The normalized spacial score (nSPS) is 11.9. The van der Waals surface area contributed by atoms with Crippen LogP contribution in [0.3, 0.4) is 0 Å². The monoisotopic (exact) mass is 429 g/mol. The van der Waals surface area contributed by atoms with Crippen molar-refractivity contribution in [2.75, 3.05) is 11.9 Å². The summed E-state index contributed by atoms with van der Waals surface area (Å²) in [6, 6.07) is 8.97. The number of carbonyl (C=O) groups is 1. The Labute approximate surface area is 177 Å². The molecule has 9 nitrogen and oxygen atoms in total. The number of pyridine rings is 1.